The van der Waals surface area contributed by atoms with Gasteiger partial charge in [0, 0.05) is 56.7 Å². The SMILES string of the molecule is CCN(CC)S(=O)(=O)c1ccc(=O)n(CC(=O)NCC2CCN(c3ccc(F)c(F)c3)C2)c1. The van der Waals surface area contributed by atoms with Gasteiger partial charge in [0.2, 0.25) is 15.9 Å². The molecule has 180 valence electrons. The molecule has 33 heavy (non-hydrogen) atoms. The van der Waals surface area contributed by atoms with Gasteiger partial charge in [-0.1, -0.05) is 13.8 Å². The first-order valence-corrected chi connectivity index (χ1v) is 12.3. The minimum absolute atomic E-state index is 0.0448. The largest absolute Gasteiger partial charge is 0.371 e. The summed E-state index contributed by atoms with van der Waals surface area (Å²) in [6.07, 6.45) is 1.95. The van der Waals surface area contributed by atoms with Crippen LogP contribution in [0.25, 0.3) is 0 Å². The Morgan fingerprint density at radius 1 is 1.15 bits per heavy atom. The van der Waals surface area contributed by atoms with Crippen molar-refractivity contribution in [3.05, 3.63) is 58.5 Å². The molecule has 1 aromatic heterocycles. The van der Waals surface area contributed by atoms with Crippen molar-refractivity contribution < 1.29 is 22.0 Å². The molecule has 2 heterocycles. The number of hydrogen-bond acceptors (Lipinski definition) is 5. The number of carbonyl (C=O) groups excluding carboxylic acids is 1. The molecule has 1 fully saturated rings. The van der Waals surface area contributed by atoms with Crippen LogP contribution >= 0.6 is 0 Å². The summed E-state index contributed by atoms with van der Waals surface area (Å²) in [5.74, 6) is -2.11. The topological polar surface area (TPSA) is 91.7 Å². The molecule has 11 heteroatoms. The third kappa shape index (κ3) is 5.77. The zero-order chi connectivity index (χ0) is 24.2. The zero-order valence-corrected chi connectivity index (χ0v) is 19.4. The average Bonchev–Trinajstić information content (AvgIpc) is 3.25. The lowest BCUT2D eigenvalue weighted by atomic mass is 10.1. The van der Waals surface area contributed by atoms with Gasteiger partial charge >= 0.3 is 0 Å². The lowest BCUT2D eigenvalue weighted by Gasteiger charge is -2.19. The van der Waals surface area contributed by atoms with E-state index < -0.39 is 33.1 Å². The van der Waals surface area contributed by atoms with Gasteiger partial charge in [0.15, 0.2) is 11.6 Å². The number of amides is 1. The number of anilines is 1. The highest BCUT2D eigenvalue weighted by Crippen LogP contribution is 2.25. The molecular weight excluding hydrogens is 454 g/mol. The maximum absolute atomic E-state index is 13.5. The van der Waals surface area contributed by atoms with Gasteiger partial charge in [-0.3, -0.25) is 9.59 Å². The van der Waals surface area contributed by atoms with Crippen molar-refractivity contribution >= 4 is 21.6 Å². The molecule has 8 nitrogen and oxygen atoms in total. The first-order valence-electron chi connectivity index (χ1n) is 10.8. The number of nitrogens with zero attached hydrogens (tertiary/aromatic N) is 3. The first kappa shape index (κ1) is 24.8. The normalized spacial score (nSPS) is 16.4. The van der Waals surface area contributed by atoms with Crippen molar-refractivity contribution in [1.82, 2.24) is 14.2 Å². The van der Waals surface area contributed by atoms with Crippen LogP contribution in [0.15, 0.2) is 46.2 Å². The number of sulfonamides is 1. The van der Waals surface area contributed by atoms with Crippen molar-refractivity contribution in [2.45, 2.75) is 31.7 Å². The molecule has 0 radical (unpaired) electrons. The molecule has 0 aliphatic carbocycles. The third-order valence-corrected chi connectivity index (χ3v) is 7.79. The Morgan fingerprint density at radius 3 is 2.55 bits per heavy atom. The Hall–Kier alpha value is -2.79. The molecule has 1 atom stereocenters. The second kappa shape index (κ2) is 10.4. The van der Waals surface area contributed by atoms with Crippen LogP contribution in [0.1, 0.15) is 20.3 Å². The summed E-state index contributed by atoms with van der Waals surface area (Å²) in [5, 5.41) is 2.78. The quantitative estimate of drug-likeness (QED) is 0.589. The number of benzene rings is 1. The van der Waals surface area contributed by atoms with Crippen molar-refractivity contribution in [3.63, 3.8) is 0 Å². The number of rotatable bonds is 9. The minimum atomic E-state index is -3.75. The predicted octanol–water partition coefficient (Wildman–Crippen LogP) is 1.80. The van der Waals surface area contributed by atoms with E-state index in [0.29, 0.717) is 38.4 Å². The van der Waals surface area contributed by atoms with Gasteiger partial charge in [-0.25, -0.2) is 17.2 Å². The van der Waals surface area contributed by atoms with E-state index in [-0.39, 0.29) is 17.4 Å². The molecule has 1 amide bonds. The summed E-state index contributed by atoms with van der Waals surface area (Å²) < 4.78 is 54.4. The number of pyridine rings is 1. The van der Waals surface area contributed by atoms with Crippen molar-refractivity contribution in [2.75, 3.05) is 37.6 Å². The fourth-order valence-electron chi connectivity index (χ4n) is 3.88. The maximum Gasteiger partial charge on any atom is 0.251 e. The Balaban J connectivity index is 1.59. The van der Waals surface area contributed by atoms with Crippen LogP contribution in [0.3, 0.4) is 0 Å². The Bertz CT molecular complexity index is 1170. The van der Waals surface area contributed by atoms with E-state index in [1.807, 2.05) is 4.90 Å². The van der Waals surface area contributed by atoms with Crippen LogP contribution in [0.2, 0.25) is 0 Å². The maximum atomic E-state index is 13.5. The van der Waals surface area contributed by atoms with Crippen LogP contribution < -0.4 is 15.8 Å². The molecule has 1 N–H and O–H groups in total. The Morgan fingerprint density at radius 2 is 1.88 bits per heavy atom. The summed E-state index contributed by atoms with van der Waals surface area (Å²) in [5.41, 5.74) is 0.106. The van der Waals surface area contributed by atoms with E-state index in [9.17, 15) is 26.8 Å². The highest BCUT2D eigenvalue weighted by molar-refractivity contribution is 7.89. The fourth-order valence-corrected chi connectivity index (χ4v) is 5.36. The molecule has 3 rings (SSSR count). The minimum Gasteiger partial charge on any atom is -0.371 e. The Kier molecular flexibility index (Phi) is 7.85. The van der Waals surface area contributed by atoms with E-state index in [1.54, 1.807) is 13.8 Å². The van der Waals surface area contributed by atoms with Crippen LogP contribution in [0.4, 0.5) is 14.5 Å². The fraction of sp³-hybridized carbons (Fsp3) is 0.455. The number of halogens is 2. The highest BCUT2D eigenvalue weighted by Gasteiger charge is 2.25. The van der Waals surface area contributed by atoms with E-state index >= 15 is 0 Å². The van der Waals surface area contributed by atoms with Gasteiger partial charge in [-0.2, -0.15) is 4.31 Å². The molecule has 1 aliphatic heterocycles. The van der Waals surface area contributed by atoms with Gasteiger partial charge in [-0.15, -0.1) is 0 Å². The summed E-state index contributed by atoms with van der Waals surface area (Å²) in [7, 11) is -3.75. The van der Waals surface area contributed by atoms with Gasteiger partial charge in [0.05, 0.1) is 4.90 Å². The van der Waals surface area contributed by atoms with E-state index in [2.05, 4.69) is 5.32 Å². The third-order valence-electron chi connectivity index (χ3n) is 5.76. The zero-order valence-electron chi connectivity index (χ0n) is 18.6. The van der Waals surface area contributed by atoms with Crippen LogP contribution in [0, 0.1) is 17.6 Å². The van der Waals surface area contributed by atoms with Crippen LogP contribution in [0.5, 0.6) is 0 Å². The highest BCUT2D eigenvalue weighted by atomic mass is 32.2. The Labute approximate surface area is 191 Å². The molecule has 0 bridgehead atoms. The first-order chi connectivity index (χ1) is 15.6. The molecule has 0 saturated carbocycles. The molecule has 1 aliphatic rings. The van der Waals surface area contributed by atoms with Crippen molar-refractivity contribution in [1.29, 1.82) is 0 Å². The smallest absolute Gasteiger partial charge is 0.251 e. The second-order valence-electron chi connectivity index (χ2n) is 7.92. The van der Waals surface area contributed by atoms with Gasteiger partial charge in [0.25, 0.3) is 5.56 Å². The lowest BCUT2D eigenvalue weighted by Crippen LogP contribution is -2.36. The lowest BCUT2D eigenvalue weighted by molar-refractivity contribution is -0.121. The van der Waals surface area contributed by atoms with Crippen molar-refractivity contribution in [3.8, 4) is 0 Å². The summed E-state index contributed by atoms with van der Waals surface area (Å²) in [6, 6.07) is 6.15. The van der Waals surface area contributed by atoms with Gasteiger partial charge in [0.1, 0.15) is 6.54 Å². The molecule has 1 saturated heterocycles. The average molecular weight is 483 g/mol. The van der Waals surface area contributed by atoms with Crippen LogP contribution in [-0.2, 0) is 21.4 Å². The summed E-state index contributed by atoms with van der Waals surface area (Å²) in [4.78, 5) is 26.5. The standard InChI is InChI=1S/C22H28F2N4O4S/c1-3-28(4-2)33(31,32)18-6-8-22(30)27(14-18)15-21(29)25-12-16-9-10-26(13-16)17-5-7-19(23)20(24)11-17/h5-8,11,14,16H,3-4,9-10,12-13,15H2,1-2H3,(H,25,29). The number of hydrogen-bond donors (Lipinski definition) is 1. The molecule has 1 aromatic carbocycles. The number of nitrogens with one attached hydrogen (secondary N) is 1. The summed E-state index contributed by atoms with van der Waals surface area (Å²) in [6.45, 7) is 5.30. The monoisotopic (exact) mass is 482 g/mol. The van der Waals surface area contributed by atoms with E-state index in [0.717, 1.165) is 29.2 Å². The van der Waals surface area contributed by atoms with E-state index in [4.69, 9.17) is 0 Å². The molecule has 0 spiro atoms. The van der Waals surface area contributed by atoms with Gasteiger partial charge in [-0.05, 0) is 30.5 Å². The predicted molar refractivity (Wildman–Crippen MR) is 120 cm³/mol. The number of carbonyl (C=O) groups is 1. The molecule has 2 aromatic rings. The van der Waals surface area contributed by atoms with E-state index in [1.165, 1.54) is 22.6 Å². The molecular formula is C22H28F2N4O4S. The second-order valence-corrected chi connectivity index (χ2v) is 9.86. The van der Waals surface area contributed by atoms with Crippen molar-refractivity contribution in [2.24, 2.45) is 5.92 Å². The number of aromatic nitrogens is 1. The van der Waals surface area contributed by atoms with Gasteiger partial charge < -0.3 is 14.8 Å². The summed E-state index contributed by atoms with van der Waals surface area (Å²) >= 11 is 0. The molecule has 1 unspecified atom stereocenters. The van der Waals surface area contributed by atoms with Crippen LogP contribution in [-0.4, -0.2) is 55.9 Å².